The summed E-state index contributed by atoms with van der Waals surface area (Å²) >= 11 is 0. The lowest BCUT2D eigenvalue weighted by atomic mass is 10.00. The summed E-state index contributed by atoms with van der Waals surface area (Å²) in [5, 5.41) is 50.0. The molecule has 3 aromatic carbocycles. The van der Waals surface area contributed by atoms with Crippen molar-refractivity contribution in [3.05, 3.63) is 123 Å². The number of likely N-dealkylation sites (N-methyl/N-ethyl adjacent to an activating group) is 1. The van der Waals surface area contributed by atoms with Gasteiger partial charge in [0.15, 0.2) is 0 Å². The van der Waals surface area contributed by atoms with E-state index in [9.17, 15) is 77.3 Å². The van der Waals surface area contributed by atoms with Crippen molar-refractivity contribution in [3.63, 3.8) is 0 Å². The third kappa shape index (κ3) is 26.3. The predicted octanol–water partition coefficient (Wildman–Crippen LogP) is -2.64. The van der Waals surface area contributed by atoms with Crippen molar-refractivity contribution in [3.8, 4) is 0 Å². The highest BCUT2D eigenvalue weighted by atomic mass is 19.1. The molecular formula is C79H114FN19O17. The smallest absolute Gasteiger partial charge is 0.306 e. The Morgan fingerprint density at radius 3 is 1.84 bits per heavy atom. The molecule has 116 heavy (non-hydrogen) atoms. The monoisotopic (exact) mass is 1620 g/mol. The van der Waals surface area contributed by atoms with Crippen LogP contribution in [0.2, 0.25) is 0 Å². The Hall–Kier alpha value is -10.9. The van der Waals surface area contributed by atoms with Crippen LogP contribution in [0.4, 0.5) is 10.1 Å². The maximum atomic E-state index is 15.1. The van der Waals surface area contributed by atoms with Gasteiger partial charge in [0, 0.05) is 60.6 Å². The van der Waals surface area contributed by atoms with Crippen molar-refractivity contribution in [2.45, 2.75) is 199 Å². The molecule has 0 radical (unpaired) electrons. The molecule has 12 atom stereocenters. The minimum absolute atomic E-state index is 0.0122. The zero-order valence-electron chi connectivity index (χ0n) is 67.0. The zero-order chi connectivity index (χ0) is 85.8. The number of fused-ring (bicyclic) bond motifs is 1. The molecule has 2 aliphatic rings. The normalized spacial score (nSPS) is 20.5. The summed E-state index contributed by atoms with van der Waals surface area (Å²) in [6, 6.07) is 0.864. The highest BCUT2D eigenvalue weighted by Gasteiger charge is 2.41. The van der Waals surface area contributed by atoms with E-state index in [0.717, 1.165) is 37.0 Å². The molecule has 37 heteroatoms. The number of benzene rings is 3. The summed E-state index contributed by atoms with van der Waals surface area (Å²) in [5.41, 5.74) is 32.9. The molecular weight excluding hydrogens is 1510 g/mol. The number of aromatic amines is 1. The van der Waals surface area contributed by atoms with Crippen molar-refractivity contribution in [2.24, 2.45) is 34.6 Å². The number of hydrogen-bond donors (Lipinski definition) is 19. The van der Waals surface area contributed by atoms with Crippen molar-refractivity contribution < 1.29 is 86.5 Å². The topological polar surface area (TPSA) is 573 Å². The number of anilines is 1. The van der Waals surface area contributed by atoms with E-state index < -0.39 is 188 Å². The van der Waals surface area contributed by atoms with Gasteiger partial charge in [-0.1, -0.05) is 76.2 Å². The van der Waals surface area contributed by atoms with Crippen molar-refractivity contribution >= 4 is 100 Å². The Kier molecular flexibility index (Phi) is 36.8. The second-order valence-corrected chi connectivity index (χ2v) is 29.1. The number of nitrogens with one attached hydrogen (secondary N) is 12. The van der Waals surface area contributed by atoms with Crippen LogP contribution in [0, 0.1) is 32.5 Å². The molecule has 1 aromatic heterocycles. The first-order valence-corrected chi connectivity index (χ1v) is 38.9. The number of halogens is 1. The van der Waals surface area contributed by atoms with Gasteiger partial charge in [0.1, 0.15) is 66.8 Å². The molecule has 0 spiro atoms. The number of nitrogens with two attached hydrogens (primary N) is 5. The molecule has 1 fully saturated rings. The molecule has 3 heterocycles. The minimum atomic E-state index is -1.85. The molecule has 6 rings (SSSR count). The number of imide groups is 1. The number of amides is 13. The number of aliphatic hydroxyl groups is 2. The van der Waals surface area contributed by atoms with Crippen LogP contribution in [0.1, 0.15) is 153 Å². The molecule has 13 amide bonds. The summed E-state index contributed by atoms with van der Waals surface area (Å²) in [6.07, 6.45) is -4.47. The molecule has 36 nitrogen and oxygen atoms in total. The van der Waals surface area contributed by atoms with Crippen LogP contribution in [0.3, 0.4) is 0 Å². The Labute approximate surface area is 672 Å². The van der Waals surface area contributed by atoms with E-state index in [-0.39, 0.29) is 104 Å². The third-order valence-electron chi connectivity index (χ3n) is 19.8. The molecule has 2 aliphatic heterocycles. The average molecular weight is 1620 g/mol. The Bertz CT molecular complexity index is 4190. The number of ether oxygens (including phenoxy) is 1. The van der Waals surface area contributed by atoms with Gasteiger partial charge in [-0.3, -0.25) is 67.1 Å². The Morgan fingerprint density at radius 1 is 0.672 bits per heavy atom. The van der Waals surface area contributed by atoms with Gasteiger partial charge in [0.05, 0.1) is 35.1 Å². The first-order chi connectivity index (χ1) is 55.1. The predicted molar refractivity (Wildman–Crippen MR) is 427 cm³/mol. The highest BCUT2D eigenvalue weighted by Crippen LogP contribution is 2.40. The number of aryl methyl sites for hydroxylation is 2. The maximum Gasteiger partial charge on any atom is 0.306 e. The molecule has 0 unspecified atom stereocenters. The minimum Gasteiger partial charge on any atom is -0.461 e. The second kappa shape index (κ2) is 45.4. The highest BCUT2D eigenvalue weighted by molar-refractivity contribution is 6.44. The van der Waals surface area contributed by atoms with Crippen LogP contribution >= 0.6 is 0 Å². The van der Waals surface area contributed by atoms with Crippen LogP contribution in [0.15, 0.2) is 66.7 Å². The van der Waals surface area contributed by atoms with Crippen molar-refractivity contribution in [2.75, 3.05) is 63.8 Å². The van der Waals surface area contributed by atoms with Crippen LogP contribution in [0.25, 0.3) is 11.6 Å². The van der Waals surface area contributed by atoms with E-state index in [1.54, 1.807) is 77.1 Å². The second-order valence-electron chi connectivity index (χ2n) is 29.1. The van der Waals surface area contributed by atoms with Gasteiger partial charge in [0.25, 0.3) is 17.7 Å². The first kappa shape index (κ1) is 93.9. The fourth-order valence-electron chi connectivity index (χ4n) is 13.3. The molecule has 0 bridgehead atoms. The summed E-state index contributed by atoms with van der Waals surface area (Å²) in [5.74, 6) is -13.8. The summed E-state index contributed by atoms with van der Waals surface area (Å²) < 4.78 is 20.7. The average Bonchev–Trinajstić information content (AvgIpc) is 1.59. The lowest BCUT2D eigenvalue weighted by Crippen LogP contribution is -2.61. The van der Waals surface area contributed by atoms with Gasteiger partial charge in [-0.2, -0.15) is 0 Å². The summed E-state index contributed by atoms with van der Waals surface area (Å²) in [4.78, 5) is 205. The maximum absolute atomic E-state index is 15.1. The number of aromatic nitrogens is 1. The summed E-state index contributed by atoms with van der Waals surface area (Å²) in [6.45, 7) is 15.6. The third-order valence-corrected chi connectivity index (χ3v) is 19.8. The van der Waals surface area contributed by atoms with Gasteiger partial charge in [-0.25, -0.2) is 9.29 Å². The lowest BCUT2D eigenvalue weighted by molar-refractivity contribution is -0.145. The standard InChI is InChI=1S/C79H114FN19O17/c1-10-98(11-2)35-34-87-75(111)64-43(6)58(88-44(64)7)39-51-50-38-49(80)20-22-61(50)99(78(51)114)79(115)63-42(5)16-15-19-48(63)40-116-62(102)23-21-52(85)67(103)96-66(46(9)101)77(113)93-55(26-31-83)69(105)92-57-28-33-86-76(112)65(45(8)100)97-72(108)56(27-32-84)90-68(104)53(24-29-81)91-73(109)59(36-41(3)4)94-74(110)60(37-47-17-13-12-14-18-47)95-70(106)54(25-30-82)89-71(57)107/h12-20,22,38-39,41,45-46,52-57,59-60,65-66,88,100-101H,10-11,21,23-37,40,81-85H2,1-9H3,(H,86,112)(H,87,111)(H,89,107)(H,90,104)(H,91,109)(H,92,105)(H,93,113)(H,94,110)(H,95,106)(H,96,103)(H,97,108)/b51-39-/t45-,46-,52-,53-,54-,55-,56-,57+,59-,60-,65-,66+/m1/s1. The number of rotatable bonds is 33. The number of esters is 1. The Balaban J connectivity index is 1.18. The number of aliphatic hydroxyl groups excluding tert-OH is 2. The number of carbonyl (C=O) groups is 14. The van der Waals surface area contributed by atoms with E-state index in [0.29, 0.717) is 46.7 Å². The van der Waals surface area contributed by atoms with Crippen LogP contribution in [-0.4, -0.2) is 234 Å². The van der Waals surface area contributed by atoms with Gasteiger partial charge >= 0.3 is 5.97 Å². The molecule has 634 valence electrons. The van der Waals surface area contributed by atoms with Crippen molar-refractivity contribution in [1.82, 2.24) is 68.4 Å². The van der Waals surface area contributed by atoms with E-state index in [1.807, 2.05) is 13.8 Å². The summed E-state index contributed by atoms with van der Waals surface area (Å²) in [7, 11) is 0. The van der Waals surface area contributed by atoms with Gasteiger partial charge in [-0.05, 0) is 166 Å². The fraction of sp³-hybridized carbons (Fsp3) is 0.519. The van der Waals surface area contributed by atoms with E-state index in [4.69, 9.17) is 33.4 Å². The number of H-pyrrole nitrogens is 1. The fourth-order valence-corrected chi connectivity index (χ4v) is 13.3. The SMILES string of the molecule is CCN(CC)CCNC(=O)c1c(C)[nH]c(/C=C2\C(=O)N(C(=O)c3c(C)cccc3COC(=O)CC[C@@H](N)C(=O)N[C@H](C(=O)N[C@H](CCN)C(=O)N[C@H]3CCNC(=O)[C@@H]([C@@H](C)O)NC(=O)[C@@H](CCN)NC(=O)[C@@H](CCN)NC(=O)[C@@H](CC(C)C)NC(=O)[C@@H](Cc4ccccc4)NC(=O)[C@@H](CCN)NC3=O)[C@@H](C)O)c3ccc(F)cc32)c1C. The van der Waals surface area contributed by atoms with Gasteiger partial charge in [0.2, 0.25) is 59.1 Å². The van der Waals surface area contributed by atoms with Gasteiger partial charge in [-0.15, -0.1) is 0 Å². The quantitative estimate of drug-likeness (QED) is 0.0132. The first-order valence-electron chi connectivity index (χ1n) is 38.9. The van der Waals surface area contributed by atoms with E-state index in [1.165, 1.54) is 25.1 Å². The van der Waals surface area contributed by atoms with E-state index in [2.05, 4.69) is 68.4 Å². The van der Waals surface area contributed by atoms with Crippen LogP contribution < -0.4 is 92.1 Å². The van der Waals surface area contributed by atoms with E-state index >= 15 is 4.39 Å². The van der Waals surface area contributed by atoms with Crippen molar-refractivity contribution in [1.29, 1.82) is 0 Å². The molecule has 24 N–H and O–H groups in total. The largest absolute Gasteiger partial charge is 0.461 e. The Morgan fingerprint density at radius 2 is 1.26 bits per heavy atom. The van der Waals surface area contributed by atoms with Crippen LogP contribution in [-0.2, 0) is 75.3 Å². The zero-order valence-corrected chi connectivity index (χ0v) is 67.0. The molecule has 0 saturated carbocycles. The van der Waals surface area contributed by atoms with Gasteiger partial charge < -0.3 is 112 Å². The molecule has 4 aromatic rings. The molecule has 0 aliphatic carbocycles. The number of hydrogen-bond acceptors (Lipinski definition) is 23. The molecule has 1 saturated heterocycles. The number of nitrogens with zero attached hydrogens (tertiary/aromatic N) is 2. The van der Waals surface area contributed by atoms with Crippen LogP contribution in [0.5, 0.6) is 0 Å². The number of carbonyl (C=O) groups excluding carboxylic acids is 14. The lowest BCUT2D eigenvalue weighted by Gasteiger charge is -2.28.